The molecule has 0 radical (unpaired) electrons. The lowest BCUT2D eigenvalue weighted by molar-refractivity contribution is 0.0601. The normalized spacial score (nSPS) is 10.2. The van der Waals surface area contributed by atoms with Crippen molar-refractivity contribution < 1.29 is 19.0 Å². The fourth-order valence-corrected chi connectivity index (χ4v) is 1.74. The Bertz CT molecular complexity index is 623. The summed E-state index contributed by atoms with van der Waals surface area (Å²) >= 11 is 0. The minimum atomic E-state index is -0.560. The zero-order valence-corrected chi connectivity index (χ0v) is 10.2. The number of hydrogen-bond acceptors (Lipinski definition) is 4. The number of phenolic OH excluding ortho intramolecular Hbond substituents is 1. The van der Waals surface area contributed by atoms with Crippen LogP contribution in [0.25, 0.3) is 11.1 Å². The summed E-state index contributed by atoms with van der Waals surface area (Å²) in [5, 5.41) is 9.93. The Hall–Kier alpha value is -2.56. The highest BCUT2D eigenvalue weighted by atomic mass is 19.1. The van der Waals surface area contributed by atoms with Crippen LogP contribution in [0.1, 0.15) is 10.4 Å². The molecular weight excluding hydrogens is 249 g/mol. The second-order valence-electron chi connectivity index (χ2n) is 3.96. The number of halogens is 1. The molecule has 5 heteroatoms. The number of benzene rings is 2. The van der Waals surface area contributed by atoms with Gasteiger partial charge in [-0.15, -0.1) is 0 Å². The van der Waals surface area contributed by atoms with Gasteiger partial charge in [-0.3, -0.25) is 0 Å². The quantitative estimate of drug-likeness (QED) is 0.495. The van der Waals surface area contributed by atoms with Crippen molar-refractivity contribution in [1.82, 2.24) is 0 Å². The number of nitrogens with two attached hydrogens (primary N) is 1. The van der Waals surface area contributed by atoms with E-state index in [9.17, 15) is 14.3 Å². The number of hydrogen-bond donors (Lipinski definition) is 2. The third kappa shape index (κ3) is 2.49. The summed E-state index contributed by atoms with van der Waals surface area (Å²) in [5.41, 5.74) is 6.83. The van der Waals surface area contributed by atoms with Crippen LogP contribution in [0.2, 0.25) is 0 Å². The number of phenols is 1. The van der Waals surface area contributed by atoms with Crippen molar-refractivity contribution >= 4 is 11.7 Å². The smallest absolute Gasteiger partial charge is 0.337 e. The zero-order valence-electron chi connectivity index (χ0n) is 10.2. The van der Waals surface area contributed by atoms with Gasteiger partial charge in [-0.05, 0) is 29.8 Å². The fraction of sp³-hybridized carbons (Fsp3) is 0.0714. The second-order valence-corrected chi connectivity index (χ2v) is 3.96. The lowest BCUT2D eigenvalue weighted by Gasteiger charge is -2.10. The Balaban J connectivity index is 2.58. The van der Waals surface area contributed by atoms with Gasteiger partial charge in [0.1, 0.15) is 11.6 Å². The Kier molecular flexibility index (Phi) is 3.37. The Morgan fingerprint density at radius 2 is 1.89 bits per heavy atom. The molecule has 4 nitrogen and oxygen atoms in total. The number of rotatable bonds is 2. The third-order valence-electron chi connectivity index (χ3n) is 2.72. The Morgan fingerprint density at radius 3 is 2.47 bits per heavy atom. The molecule has 0 spiro atoms. The maximum Gasteiger partial charge on any atom is 0.337 e. The first kappa shape index (κ1) is 12.9. The number of carbonyl (C=O) groups excluding carboxylic acids is 1. The fourth-order valence-electron chi connectivity index (χ4n) is 1.74. The Morgan fingerprint density at radius 1 is 1.26 bits per heavy atom. The number of aromatic hydroxyl groups is 1. The van der Waals surface area contributed by atoms with E-state index in [4.69, 9.17) is 5.73 Å². The van der Waals surface area contributed by atoms with Crippen LogP contribution in [0, 0.1) is 5.82 Å². The first-order valence-electron chi connectivity index (χ1n) is 5.49. The molecule has 2 aromatic carbocycles. The molecule has 0 bridgehead atoms. The molecule has 0 aliphatic heterocycles. The number of methoxy groups -OCH3 is 1. The van der Waals surface area contributed by atoms with Crippen LogP contribution in [0.15, 0.2) is 36.4 Å². The lowest BCUT2D eigenvalue weighted by Crippen LogP contribution is -2.03. The van der Waals surface area contributed by atoms with E-state index < -0.39 is 5.97 Å². The van der Waals surface area contributed by atoms with Gasteiger partial charge < -0.3 is 15.6 Å². The van der Waals surface area contributed by atoms with E-state index in [-0.39, 0.29) is 22.8 Å². The highest BCUT2D eigenvalue weighted by Crippen LogP contribution is 2.35. The summed E-state index contributed by atoms with van der Waals surface area (Å²) in [6.45, 7) is 0. The van der Waals surface area contributed by atoms with Gasteiger partial charge in [-0.1, -0.05) is 12.1 Å². The molecule has 98 valence electrons. The van der Waals surface area contributed by atoms with Gasteiger partial charge in [-0.25, -0.2) is 9.18 Å². The summed E-state index contributed by atoms with van der Waals surface area (Å²) in [4.78, 5) is 11.5. The molecule has 0 heterocycles. The minimum absolute atomic E-state index is 0.0576. The largest absolute Gasteiger partial charge is 0.505 e. The van der Waals surface area contributed by atoms with Gasteiger partial charge >= 0.3 is 5.97 Å². The third-order valence-corrected chi connectivity index (χ3v) is 2.72. The van der Waals surface area contributed by atoms with Crippen molar-refractivity contribution in [3.8, 4) is 16.9 Å². The van der Waals surface area contributed by atoms with E-state index >= 15 is 0 Å². The number of anilines is 1. The van der Waals surface area contributed by atoms with Gasteiger partial charge in [0.25, 0.3) is 0 Å². The van der Waals surface area contributed by atoms with E-state index in [1.807, 2.05) is 0 Å². The molecule has 0 amide bonds. The van der Waals surface area contributed by atoms with Crippen LogP contribution >= 0.6 is 0 Å². The molecule has 2 rings (SSSR count). The Labute approximate surface area is 109 Å². The molecule has 0 atom stereocenters. The first-order valence-corrected chi connectivity index (χ1v) is 5.49. The van der Waals surface area contributed by atoms with Crippen LogP contribution in [0.5, 0.6) is 5.75 Å². The van der Waals surface area contributed by atoms with Crippen molar-refractivity contribution in [2.24, 2.45) is 0 Å². The summed E-state index contributed by atoms with van der Waals surface area (Å²) < 4.78 is 17.5. The number of carbonyl (C=O) groups is 1. The molecule has 19 heavy (non-hydrogen) atoms. The van der Waals surface area contributed by atoms with Gasteiger partial charge in [0.05, 0.1) is 18.4 Å². The van der Waals surface area contributed by atoms with Gasteiger partial charge in [0, 0.05) is 5.56 Å². The predicted molar refractivity (Wildman–Crippen MR) is 69.3 cm³/mol. The number of ether oxygens (including phenoxy) is 1. The van der Waals surface area contributed by atoms with Crippen LogP contribution in [-0.4, -0.2) is 18.2 Å². The van der Waals surface area contributed by atoms with Crippen molar-refractivity contribution in [3.05, 3.63) is 47.8 Å². The molecule has 0 aromatic heterocycles. The molecule has 0 aliphatic rings. The molecule has 0 saturated carbocycles. The van der Waals surface area contributed by atoms with Gasteiger partial charge in [0.15, 0.2) is 0 Å². The van der Waals surface area contributed by atoms with Crippen LogP contribution in [-0.2, 0) is 4.74 Å². The molecule has 0 aliphatic carbocycles. The second kappa shape index (κ2) is 4.97. The molecule has 2 aromatic rings. The van der Waals surface area contributed by atoms with E-state index in [2.05, 4.69) is 4.74 Å². The minimum Gasteiger partial charge on any atom is -0.505 e. The molecule has 0 unspecified atom stereocenters. The van der Waals surface area contributed by atoms with Crippen molar-refractivity contribution in [3.63, 3.8) is 0 Å². The predicted octanol–water partition coefficient (Wildman–Crippen LogP) is 2.57. The summed E-state index contributed by atoms with van der Waals surface area (Å²) in [5.74, 6) is -1.10. The summed E-state index contributed by atoms with van der Waals surface area (Å²) in [6, 6.07) is 8.28. The average molecular weight is 261 g/mol. The molecule has 0 saturated heterocycles. The highest BCUT2D eigenvalue weighted by Gasteiger charge is 2.14. The first-order chi connectivity index (χ1) is 9.02. The van der Waals surface area contributed by atoms with E-state index in [0.29, 0.717) is 11.1 Å². The van der Waals surface area contributed by atoms with Crippen LogP contribution < -0.4 is 5.73 Å². The summed E-state index contributed by atoms with van der Waals surface area (Å²) in [7, 11) is 1.25. The number of esters is 1. The van der Waals surface area contributed by atoms with Crippen molar-refractivity contribution in [2.75, 3.05) is 12.8 Å². The topological polar surface area (TPSA) is 72.5 Å². The van der Waals surface area contributed by atoms with Crippen molar-refractivity contribution in [1.29, 1.82) is 0 Å². The zero-order chi connectivity index (χ0) is 14.0. The monoisotopic (exact) mass is 261 g/mol. The van der Waals surface area contributed by atoms with E-state index in [1.165, 1.54) is 43.5 Å². The summed E-state index contributed by atoms with van der Waals surface area (Å²) in [6.07, 6.45) is 0. The maximum atomic E-state index is 12.9. The van der Waals surface area contributed by atoms with Gasteiger partial charge in [-0.2, -0.15) is 0 Å². The lowest BCUT2D eigenvalue weighted by atomic mass is 10.0. The SMILES string of the molecule is COC(=O)c1cc(N)c(O)c(-c2ccc(F)cc2)c1. The molecular formula is C14H12FNO3. The average Bonchev–Trinajstić information content (AvgIpc) is 2.42. The van der Waals surface area contributed by atoms with Crippen LogP contribution in [0.4, 0.5) is 10.1 Å². The van der Waals surface area contributed by atoms with Gasteiger partial charge in [0.2, 0.25) is 0 Å². The van der Waals surface area contributed by atoms with Crippen LogP contribution in [0.3, 0.4) is 0 Å². The van der Waals surface area contributed by atoms with Crippen molar-refractivity contribution in [2.45, 2.75) is 0 Å². The standard InChI is InChI=1S/C14H12FNO3/c1-19-14(18)9-6-11(13(17)12(16)7-9)8-2-4-10(15)5-3-8/h2-7,17H,16H2,1H3. The molecule has 3 N–H and O–H groups in total. The molecule has 0 fully saturated rings. The maximum absolute atomic E-state index is 12.9. The van der Waals surface area contributed by atoms with E-state index in [1.54, 1.807) is 0 Å². The highest BCUT2D eigenvalue weighted by molar-refractivity contribution is 5.94. The van der Waals surface area contributed by atoms with E-state index in [0.717, 1.165) is 0 Å². The number of nitrogen functional groups attached to an aromatic ring is 1.